The first-order valence-corrected chi connectivity index (χ1v) is 12.4. The van der Waals surface area contributed by atoms with E-state index in [1.807, 2.05) is 24.4 Å². The highest BCUT2D eigenvalue weighted by atomic mass is 15.3. The van der Waals surface area contributed by atoms with Crippen molar-refractivity contribution < 1.29 is 0 Å². The zero-order valence-electron chi connectivity index (χ0n) is 19.8. The topological polar surface area (TPSA) is 41.9 Å². The predicted octanol–water partition coefficient (Wildman–Crippen LogP) is 8.45. The van der Waals surface area contributed by atoms with Crippen LogP contribution < -0.4 is 4.90 Å². The molecule has 7 aromatic rings. The van der Waals surface area contributed by atoms with Crippen LogP contribution in [0.15, 0.2) is 122 Å². The first-order chi connectivity index (χ1) is 18.3. The summed E-state index contributed by atoms with van der Waals surface area (Å²) in [6.07, 6.45) is 3.66. The number of fused-ring (bicyclic) bond motifs is 4. The van der Waals surface area contributed by atoms with Gasteiger partial charge in [0.05, 0.1) is 22.6 Å². The van der Waals surface area contributed by atoms with Crippen LogP contribution in [0, 0.1) is 0 Å². The molecule has 37 heavy (non-hydrogen) atoms. The van der Waals surface area contributed by atoms with E-state index in [4.69, 9.17) is 9.97 Å². The van der Waals surface area contributed by atoms with Crippen molar-refractivity contribution in [1.29, 1.82) is 0 Å². The van der Waals surface area contributed by atoms with Crippen LogP contribution in [-0.4, -0.2) is 15.0 Å². The first kappa shape index (κ1) is 20.1. The molecule has 8 rings (SSSR count). The van der Waals surface area contributed by atoms with Crippen molar-refractivity contribution in [1.82, 2.24) is 15.0 Å². The minimum Gasteiger partial charge on any atom is -0.278 e. The molecular weight excluding hydrogens is 452 g/mol. The van der Waals surface area contributed by atoms with Crippen molar-refractivity contribution in [2.45, 2.75) is 0 Å². The fourth-order valence-electron chi connectivity index (χ4n) is 5.59. The molecule has 1 aliphatic heterocycles. The Hall–Kier alpha value is -5.09. The minimum absolute atomic E-state index is 0.649. The van der Waals surface area contributed by atoms with Gasteiger partial charge in [0, 0.05) is 34.3 Å². The fraction of sp³-hybridized carbons (Fsp3) is 0. The molecule has 0 aliphatic carbocycles. The van der Waals surface area contributed by atoms with Gasteiger partial charge in [-0.2, -0.15) is 0 Å². The summed E-state index contributed by atoms with van der Waals surface area (Å²) in [5, 5.41) is 5.83. The molecule has 5 aromatic carbocycles. The maximum absolute atomic E-state index is 5.21. The number of nitrogens with zero attached hydrogens (tertiary/aromatic N) is 4. The number of benzene rings is 5. The van der Waals surface area contributed by atoms with Crippen LogP contribution in [0.4, 0.5) is 17.3 Å². The van der Waals surface area contributed by atoms with Gasteiger partial charge in [0.2, 0.25) is 5.95 Å². The maximum atomic E-state index is 5.21. The number of hydrogen-bond acceptors (Lipinski definition) is 4. The van der Waals surface area contributed by atoms with Crippen molar-refractivity contribution in [3.63, 3.8) is 0 Å². The van der Waals surface area contributed by atoms with E-state index in [0.29, 0.717) is 5.95 Å². The molecule has 0 spiro atoms. The van der Waals surface area contributed by atoms with E-state index in [-0.39, 0.29) is 0 Å². The highest BCUT2D eigenvalue weighted by Gasteiger charge is 2.28. The van der Waals surface area contributed by atoms with Gasteiger partial charge in [-0.3, -0.25) is 9.88 Å². The van der Waals surface area contributed by atoms with E-state index in [9.17, 15) is 0 Å². The lowest BCUT2D eigenvalue weighted by Crippen LogP contribution is -2.18. The molecule has 0 radical (unpaired) electrons. The quantitative estimate of drug-likeness (QED) is 0.253. The van der Waals surface area contributed by atoms with E-state index in [0.717, 1.165) is 33.5 Å². The van der Waals surface area contributed by atoms with Crippen LogP contribution in [0.3, 0.4) is 0 Å². The molecule has 0 fully saturated rings. The molecule has 0 saturated heterocycles. The van der Waals surface area contributed by atoms with Crippen LogP contribution in [0.25, 0.3) is 54.8 Å². The van der Waals surface area contributed by atoms with E-state index in [2.05, 4.69) is 101 Å². The molecule has 0 saturated carbocycles. The molecule has 1 aliphatic rings. The number of aromatic nitrogens is 3. The van der Waals surface area contributed by atoms with Crippen molar-refractivity contribution in [2.75, 3.05) is 4.90 Å². The predicted molar refractivity (Wildman–Crippen MR) is 151 cm³/mol. The SMILES string of the molecule is c1cncc(-c2nc(N3c4cc5ccccc5cc4-c4cccc5cccc3c45)nc3ccccc23)c1. The van der Waals surface area contributed by atoms with Crippen LogP contribution in [0.5, 0.6) is 0 Å². The zero-order chi connectivity index (χ0) is 24.3. The smallest absolute Gasteiger partial charge is 0.235 e. The van der Waals surface area contributed by atoms with Crippen LogP contribution in [-0.2, 0) is 0 Å². The van der Waals surface area contributed by atoms with Gasteiger partial charge < -0.3 is 0 Å². The minimum atomic E-state index is 0.649. The van der Waals surface area contributed by atoms with Gasteiger partial charge in [0.15, 0.2) is 0 Å². The van der Waals surface area contributed by atoms with Crippen LogP contribution in [0.2, 0.25) is 0 Å². The van der Waals surface area contributed by atoms with Gasteiger partial charge >= 0.3 is 0 Å². The summed E-state index contributed by atoms with van der Waals surface area (Å²) >= 11 is 0. The van der Waals surface area contributed by atoms with E-state index in [1.165, 1.54) is 32.7 Å². The Morgan fingerprint density at radius 3 is 2.22 bits per heavy atom. The van der Waals surface area contributed by atoms with Crippen molar-refractivity contribution in [3.8, 4) is 22.4 Å². The first-order valence-electron chi connectivity index (χ1n) is 12.4. The molecule has 172 valence electrons. The second-order valence-corrected chi connectivity index (χ2v) is 9.36. The maximum Gasteiger partial charge on any atom is 0.235 e. The molecule has 2 aromatic heterocycles. The third kappa shape index (κ3) is 2.99. The average molecular weight is 473 g/mol. The Balaban J connectivity index is 1.50. The molecule has 0 bridgehead atoms. The summed E-state index contributed by atoms with van der Waals surface area (Å²) in [4.78, 5) is 16.9. The Kier molecular flexibility index (Phi) is 4.19. The number of pyridine rings is 1. The summed E-state index contributed by atoms with van der Waals surface area (Å²) in [5.41, 5.74) is 7.33. The largest absolute Gasteiger partial charge is 0.278 e. The normalized spacial score (nSPS) is 12.3. The monoisotopic (exact) mass is 472 g/mol. The van der Waals surface area contributed by atoms with Gasteiger partial charge in [0.1, 0.15) is 0 Å². The Morgan fingerprint density at radius 2 is 1.35 bits per heavy atom. The number of para-hydroxylation sites is 1. The molecule has 0 amide bonds. The third-order valence-electron chi connectivity index (χ3n) is 7.25. The zero-order valence-corrected chi connectivity index (χ0v) is 19.8. The highest BCUT2D eigenvalue weighted by Crippen LogP contribution is 2.51. The molecule has 0 atom stereocenters. The van der Waals surface area contributed by atoms with E-state index >= 15 is 0 Å². The van der Waals surface area contributed by atoms with Crippen LogP contribution >= 0.6 is 0 Å². The summed E-state index contributed by atoms with van der Waals surface area (Å²) in [6, 6.07) is 38.3. The molecule has 3 heterocycles. The van der Waals surface area contributed by atoms with Crippen LogP contribution in [0.1, 0.15) is 0 Å². The van der Waals surface area contributed by atoms with Gasteiger partial charge in [-0.15, -0.1) is 0 Å². The molecular formula is C33H20N4. The summed E-state index contributed by atoms with van der Waals surface area (Å²) in [7, 11) is 0. The van der Waals surface area contributed by atoms with Crippen molar-refractivity contribution >= 4 is 49.8 Å². The molecule has 4 nitrogen and oxygen atoms in total. The lowest BCUT2D eigenvalue weighted by Gasteiger charge is -2.32. The fourth-order valence-corrected chi connectivity index (χ4v) is 5.59. The van der Waals surface area contributed by atoms with E-state index in [1.54, 1.807) is 6.20 Å². The Bertz CT molecular complexity index is 1990. The van der Waals surface area contributed by atoms with Gasteiger partial charge in [-0.25, -0.2) is 9.97 Å². The summed E-state index contributed by atoms with van der Waals surface area (Å²) in [5.74, 6) is 0.649. The molecule has 0 unspecified atom stereocenters. The van der Waals surface area contributed by atoms with Gasteiger partial charge in [0.25, 0.3) is 0 Å². The van der Waals surface area contributed by atoms with Gasteiger partial charge in [-0.05, 0) is 58.1 Å². The second kappa shape index (κ2) is 7.70. The number of rotatable bonds is 2. The third-order valence-corrected chi connectivity index (χ3v) is 7.25. The van der Waals surface area contributed by atoms with Crippen molar-refractivity contribution in [2.24, 2.45) is 0 Å². The van der Waals surface area contributed by atoms with Crippen molar-refractivity contribution in [3.05, 3.63) is 122 Å². The molecule has 4 heteroatoms. The number of hydrogen-bond donors (Lipinski definition) is 0. The molecule has 0 N–H and O–H groups in total. The summed E-state index contributed by atoms with van der Waals surface area (Å²) in [6.45, 7) is 0. The highest BCUT2D eigenvalue weighted by molar-refractivity contribution is 6.15. The average Bonchev–Trinajstić information content (AvgIpc) is 2.96. The van der Waals surface area contributed by atoms with Gasteiger partial charge in [-0.1, -0.05) is 72.8 Å². The number of anilines is 3. The van der Waals surface area contributed by atoms with E-state index < -0.39 is 0 Å². The standard InChI is InChI=1S/C33H20N4/c1-2-9-23-19-30-27(18-22(23)8-1)25-14-5-10-21-11-6-16-29(31(21)25)37(30)33-35-28-15-4-3-13-26(28)32(36-33)24-12-7-17-34-20-24/h1-20H. The Labute approximate surface area is 213 Å². The lowest BCUT2D eigenvalue weighted by atomic mass is 9.89. The lowest BCUT2D eigenvalue weighted by molar-refractivity contribution is 1.11. The second-order valence-electron chi connectivity index (χ2n) is 9.36. The Morgan fingerprint density at radius 1 is 0.568 bits per heavy atom. The summed E-state index contributed by atoms with van der Waals surface area (Å²) < 4.78 is 0.